The first-order valence-corrected chi connectivity index (χ1v) is 7.50. The normalized spacial score (nSPS) is 13.1. The zero-order valence-electron chi connectivity index (χ0n) is 11.0. The molecule has 1 amide bonds. The van der Waals surface area contributed by atoms with Gasteiger partial charge >= 0.3 is 0 Å². The van der Waals surface area contributed by atoms with E-state index in [4.69, 9.17) is 10.9 Å². The summed E-state index contributed by atoms with van der Waals surface area (Å²) in [6.45, 7) is 3.56. The Morgan fingerprint density at radius 1 is 1.42 bits per heavy atom. The van der Waals surface area contributed by atoms with Gasteiger partial charge in [-0.3, -0.25) is 4.79 Å². The molecule has 0 heterocycles. The van der Waals surface area contributed by atoms with Crippen LogP contribution in [0.4, 0.5) is 5.69 Å². The summed E-state index contributed by atoms with van der Waals surface area (Å²) in [5.41, 5.74) is 6.57. The fourth-order valence-corrected chi connectivity index (χ4v) is 2.47. The highest BCUT2D eigenvalue weighted by Gasteiger charge is 2.15. The predicted octanol–water partition coefficient (Wildman–Crippen LogP) is 0.708. The lowest BCUT2D eigenvalue weighted by molar-refractivity contribution is -0.117. The predicted molar refractivity (Wildman–Crippen MR) is 74.1 cm³/mol. The third kappa shape index (κ3) is 4.30. The molecule has 0 saturated heterocycles. The maximum absolute atomic E-state index is 11.7. The number of hydrogen-bond donors (Lipinski definition) is 3. The van der Waals surface area contributed by atoms with Crippen molar-refractivity contribution in [1.29, 1.82) is 0 Å². The molecule has 1 aromatic rings. The monoisotopic (exact) mass is 285 g/mol. The first-order chi connectivity index (χ1) is 8.75. The lowest BCUT2D eigenvalue weighted by Gasteiger charge is -2.12. The Morgan fingerprint density at radius 3 is 2.58 bits per heavy atom. The van der Waals surface area contributed by atoms with Crippen LogP contribution in [-0.2, 0) is 14.8 Å². The average molecular weight is 285 g/mol. The summed E-state index contributed by atoms with van der Waals surface area (Å²) in [5.74, 6) is -0.342. The molecule has 19 heavy (non-hydrogen) atoms. The van der Waals surface area contributed by atoms with Gasteiger partial charge in [0, 0.05) is 5.69 Å². The highest BCUT2D eigenvalue weighted by atomic mass is 32.2. The molecule has 0 aromatic heterocycles. The van der Waals surface area contributed by atoms with Gasteiger partial charge in [-0.2, -0.15) is 0 Å². The number of amides is 1. The van der Waals surface area contributed by atoms with Gasteiger partial charge in [0.25, 0.3) is 0 Å². The van der Waals surface area contributed by atoms with E-state index in [1.807, 2.05) is 6.92 Å². The summed E-state index contributed by atoms with van der Waals surface area (Å²) in [6.07, 6.45) is 1.37. The fraction of sp³-hybridized carbons (Fsp3) is 0.417. The lowest BCUT2D eigenvalue weighted by atomic mass is 10.1. The second kappa shape index (κ2) is 6.14. The van der Waals surface area contributed by atoms with Gasteiger partial charge in [0.05, 0.1) is 10.9 Å². The van der Waals surface area contributed by atoms with Gasteiger partial charge in [-0.1, -0.05) is 19.4 Å². The largest absolute Gasteiger partial charge is 0.325 e. The van der Waals surface area contributed by atoms with Crippen molar-refractivity contribution in [3.05, 3.63) is 23.8 Å². The van der Waals surface area contributed by atoms with Crippen molar-refractivity contribution in [2.75, 3.05) is 5.32 Å². The third-order valence-electron chi connectivity index (χ3n) is 2.70. The Hall–Kier alpha value is -1.44. The van der Waals surface area contributed by atoms with Crippen LogP contribution in [0.1, 0.15) is 25.3 Å². The quantitative estimate of drug-likeness (QED) is 0.738. The molecule has 0 radical (unpaired) electrons. The van der Waals surface area contributed by atoms with Crippen molar-refractivity contribution in [2.45, 2.75) is 37.6 Å². The van der Waals surface area contributed by atoms with Crippen LogP contribution in [0, 0.1) is 6.92 Å². The van der Waals surface area contributed by atoms with Crippen molar-refractivity contribution < 1.29 is 13.2 Å². The SMILES string of the molecule is CCC[C@@H](N)C(=O)Nc1ccc(C)c(S(N)(=O)=O)c1. The van der Waals surface area contributed by atoms with Crippen molar-refractivity contribution >= 4 is 21.6 Å². The molecule has 0 saturated carbocycles. The number of primary sulfonamides is 1. The van der Waals surface area contributed by atoms with Crippen LogP contribution in [0.15, 0.2) is 23.1 Å². The minimum atomic E-state index is -3.80. The Kier molecular flexibility index (Phi) is 5.04. The summed E-state index contributed by atoms with van der Waals surface area (Å²) >= 11 is 0. The molecule has 0 aliphatic rings. The molecule has 6 nitrogen and oxygen atoms in total. The molecule has 0 bridgehead atoms. The number of carbonyl (C=O) groups excluding carboxylic acids is 1. The van der Waals surface area contributed by atoms with Crippen LogP contribution < -0.4 is 16.2 Å². The zero-order valence-corrected chi connectivity index (χ0v) is 11.8. The number of nitrogens with two attached hydrogens (primary N) is 2. The second-order valence-electron chi connectivity index (χ2n) is 4.41. The zero-order chi connectivity index (χ0) is 14.6. The van der Waals surface area contributed by atoms with Crippen LogP contribution in [0.3, 0.4) is 0 Å². The van der Waals surface area contributed by atoms with E-state index in [1.54, 1.807) is 19.1 Å². The summed E-state index contributed by atoms with van der Waals surface area (Å²) in [7, 11) is -3.80. The standard InChI is InChI=1S/C12H19N3O3S/c1-3-4-10(13)12(16)15-9-6-5-8(2)11(7-9)19(14,17)18/h5-7,10H,3-4,13H2,1-2H3,(H,15,16)(H2,14,17,18)/t10-/m1/s1. The van der Waals surface area contributed by atoms with Gasteiger partial charge in [-0.25, -0.2) is 13.6 Å². The van der Waals surface area contributed by atoms with E-state index in [1.165, 1.54) is 6.07 Å². The molecular weight excluding hydrogens is 266 g/mol. The molecular formula is C12H19N3O3S. The van der Waals surface area contributed by atoms with Gasteiger partial charge in [0.2, 0.25) is 15.9 Å². The molecule has 1 rings (SSSR count). The van der Waals surface area contributed by atoms with E-state index >= 15 is 0 Å². The van der Waals surface area contributed by atoms with Gasteiger partial charge in [-0.05, 0) is 31.0 Å². The molecule has 1 aromatic carbocycles. The van der Waals surface area contributed by atoms with E-state index in [2.05, 4.69) is 5.32 Å². The van der Waals surface area contributed by atoms with E-state index in [-0.39, 0.29) is 10.8 Å². The Balaban J connectivity index is 2.95. The highest BCUT2D eigenvalue weighted by molar-refractivity contribution is 7.89. The topological polar surface area (TPSA) is 115 Å². The second-order valence-corrected chi connectivity index (χ2v) is 5.94. The maximum Gasteiger partial charge on any atom is 0.241 e. The lowest BCUT2D eigenvalue weighted by Crippen LogP contribution is -2.35. The summed E-state index contributed by atoms with van der Waals surface area (Å²) in [4.78, 5) is 11.7. The molecule has 106 valence electrons. The average Bonchev–Trinajstić information content (AvgIpc) is 2.30. The molecule has 0 aliphatic heterocycles. The number of hydrogen-bond acceptors (Lipinski definition) is 4. The third-order valence-corrected chi connectivity index (χ3v) is 3.75. The summed E-state index contributed by atoms with van der Waals surface area (Å²) in [5, 5.41) is 7.68. The molecule has 0 fully saturated rings. The Morgan fingerprint density at radius 2 is 2.05 bits per heavy atom. The number of nitrogens with one attached hydrogen (secondary N) is 1. The fourth-order valence-electron chi connectivity index (χ4n) is 1.66. The van der Waals surface area contributed by atoms with Crippen LogP contribution >= 0.6 is 0 Å². The summed E-state index contributed by atoms with van der Waals surface area (Å²) in [6, 6.07) is 3.92. The van der Waals surface area contributed by atoms with Crippen molar-refractivity contribution in [3.8, 4) is 0 Å². The number of rotatable bonds is 5. The minimum Gasteiger partial charge on any atom is -0.325 e. The number of carbonyl (C=O) groups is 1. The molecule has 0 aliphatic carbocycles. The van der Waals surface area contributed by atoms with Crippen molar-refractivity contribution in [2.24, 2.45) is 10.9 Å². The number of sulfonamides is 1. The van der Waals surface area contributed by atoms with E-state index in [9.17, 15) is 13.2 Å². The highest BCUT2D eigenvalue weighted by Crippen LogP contribution is 2.19. The van der Waals surface area contributed by atoms with E-state index < -0.39 is 16.1 Å². The van der Waals surface area contributed by atoms with Crippen LogP contribution in [0.2, 0.25) is 0 Å². The van der Waals surface area contributed by atoms with Crippen molar-refractivity contribution in [1.82, 2.24) is 0 Å². The molecule has 0 spiro atoms. The van der Waals surface area contributed by atoms with Crippen molar-refractivity contribution in [3.63, 3.8) is 0 Å². The molecule has 0 unspecified atom stereocenters. The maximum atomic E-state index is 11.7. The Bertz CT molecular complexity index is 570. The first-order valence-electron chi connectivity index (χ1n) is 5.95. The van der Waals surface area contributed by atoms with E-state index in [0.29, 0.717) is 17.7 Å². The number of anilines is 1. The Labute approximate surface area is 113 Å². The number of aryl methyl sites for hydroxylation is 1. The summed E-state index contributed by atoms with van der Waals surface area (Å²) < 4.78 is 22.7. The van der Waals surface area contributed by atoms with Gasteiger partial charge in [0.15, 0.2) is 0 Å². The van der Waals surface area contributed by atoms with Crippen LogP contribution in [0.25, 0.3) is 0 Å². The van der Waals surface area contributed by atoms with Gasteiger partial charge in [-0.15, -0.1) is 0 Å². The molecule has 5 N–H and O–H groups in total. The first kappa shape index (κ1) is 15.6. The van der Waals surface area contributed by atoms with Gasteiger partial charge < -0.3 is 11.1 Å². The number of benzene rings is 1. The minimum absolute atomic E-state index is 0.00522. The van der Waals surface area contributed by atoms with Crippen LogP contribution in [-0.4, -0.2) is 20.4 Å². The van der Waals surface area contributed by atoms with Crippen LogP contribution in [0.5, 0.6) is 0 Å². The smallest absolute Gasteiger partial charge is 0.241 e. The molecule has 1 atom stereocenters. The molecule has 7 heteroatoms. The van der Waals surface area contributed by atoms with Gasteiger partial charge in [0.1, 0.15) is 0 Å². The van der Waals surface area contributed by atoms with E-state index in [0.717, 1.165) is 6.42 Å².